The molecule has 2 bridgehead atoms. The third-order valence-corrected chi connectivity index (χ3v) is 7.12. The predicted molar refractivity (Wildman–Crippen MR) is 91.5 cm³/mol. The van der Waals surface area contributed by atoms with Crippen molar-refractivity contribution in [1.82, 2.24) is 19.5 Å². The Morgan fingerprint density at radius 3 is 2.59 bits per heavy atom. The summed E-state index contributed by atoms with van der Waals surface area (Å²) >= 11 is 0. The van der Waals surface area contributed by atoms with Crippen LogP contribution in [0.2, 0.25) is 0 Å². The molecule has 0 fully saturated rings. The maximum atomic E-state index is 14.7. The van der Waals surface area contributed by atoms with Crippen LogP contribution in [0.15, 0.2) is 47.8 Å². The monoisotopic (exact) mass is 424 g/mol. The van der Waals surface area contributed by atoms with Gasteiger partial charge < -0.3 is 0 Å². The number of nitrogens with one attached hydrogen (secondary N) is 1. The van der Waals surface area contributed by atoms with Gasteiger partial charge in [0.15, 0.2) is 5.03 Å². The van der Waals surface area contributed by atoms with Gasteiger partial charge in [0.1, 0.15) is 5.82 Å². The number of hydrogen-bond acceptors (Lipinski definition) is 4. The van der Waals surface area contributed by atoms with Crippen LogP contribution >= 0.6 is 0 Å². The van der Waals surface area contributed by atoms with Crippen LogP contribution in [0.1, 0.15) is 40.0 Å². The molecule has 2 aliphatic rings. The first-order valence-electron chi connectivity index (χ1n) is 8.57. The number of aromatic nitrogens is 3. The molecule has 2 atom stereocenters. The standard InChI is InChI=1S/C18H12F4N4O2S/c19-12-3-1-2-10-14-6-13-11(8-24-25-13)17(16(10)12)26(14)29(27,28)15-5-4-9(7-23-15)18(20,21)22/h1-5,7-8,14,17H,6H2,(H,24,25). The second-order valence-electron chi connectivity index (χ2n) is 6.89. The molecule has 150 valence electrons. The number of sulfonamides is 1. The van der Waals surface area contributed by atoms with Crippen LogP contribution in [-0.4, -0.2) is 27.9 Å². The summed E-state index contributed by atoms with van der Waals surface area (Å²) in [5, 5.41) is 6.23. The molecule has 0 spiro atoms. The minimum absolute atomic E-state index is 0.230. The average molecular weight is 424 g/mol. The van der Waals surface area contributed by atoms with E-state index >= 15 is 0 Å². The maximum Gasteiger partial charge on any atom is 0.417 e. The van der Waals surface area contributed by atoms with E-state index in [2.05, 4.69) is 15.2 Å². The lowest BCUT2D eigenvalue weighted by atomic mass is 10.00. The first-order chi connectivity index (χ1) is 13.7. The van der Waals surface area contributed by atoms with Gasteiger partial charge in [0.05, 0.1) is 23.8 Å². The number of aromatic amines is 1. The van der Waals surface area contributed by atoms with Crippen molar-refractivity contribution in [1.29, 1.82) is 0 Å². The van der Waals surface area contributed by atoms with Crippen molar-refractivity contribution in [3.8, 4) is 0 Å². The first-order valence-corrected chi connectivity index (χ1v) is 10.0. The number of halogens is 4. The van der Waals surface area contributed by atoms with Crippen LogP contribution in [-0.2, 0) is 22.6 Å². The lowest BCUT2D eigenvalue weighted by Crippen LogP contribution is -2.38. The molecule has 2 aromatic heterocycles. The maximum absolute atomic E-state index is 14.7. The third kappa shape index (κ3) is 2.53. The van der Waals surface area contributed by atoms with E-state index in [1.54, 1.807) is 6.07 Å². The van der Waals surface area contributed by atoms with E-state index in [9.17, 15) is 26.0 Å². The highest BCUT2D eigenvalue weighted by Crippen LogP contribution is 2.54. The Morgan fingerprint density at radius 2 is 1.90 bits per heavy atom. The molecule has 4 heterocycles. The van der Waals surface area contributed by atoms with Crippen molar-refractivity contribution in [2.45, 2.75) is 29.7 Å². The van der Waals surface area contributed by atoms with Crippen molar-refractivity contribution in [2.75, 3.05) is 0 Å². The SMILES string of the molecule is O=S(=O)(c1ccc(C(F)(F)F)cn1)N1C2Cc3[nH]ncc3C1c1c(F)cccc12. The first kappa shape index (κ1) is 18.3. The Kier molecular flexibility index (Phi) is 3.69. The van der Waals surface area contributed by atoms with Gasteiger partial charge in [-0.25, -0.2) is 17.8 Å². The Bertz CT molecular complexity index is 1220. The summed E-state index contributed by atoms with van der Waals surface area (Å²) in [7, 11) is -4.32. The summed E-state index contributed by atoms with van der Waals surface area (Å²) < 4.78 is 80.9. The molecule has 0 radical (unpaired) electrons. The molecule has 0 saturated carbocycles. The van der Waals surface area contributed by atoms with E-state index in [0.717, 1.165) is 10.4 Å². The highest BCUT2D eigenvalue weighted by atomic mass is 32.2. The molecule has 1 N–H and O–H groups in total. The van der Waals surface area contributed by atoms with Gasteiger partial charge in [-0.2, -0.15) is 22.6 Å². The van der Waals surface area contributed by atoms with Crippen LogP contribution in [0.3, 0.4) is 0 Å². The van der Waals surface area contributed by atoms with E-state index in [1.165, 1.54) is 18.3 Å². The molecule has 5 rings (SSSR count). The van der Waals surface area contributed by atoms with Gasteiger partial charge in [0.2, 0.25) is 0 Å². The molecule has 3 aromatic rings. The number of nitrogens with zero attached hydrogens (tertiary/aromatic N) is 3. The lowest BCUT2D eigenvalue weighted by molar-refractivity contribution is -0.137. The van der Waals surface area contributed by atoms with Gasteiger partial charge in [-0.05, 0) is 23.8 Å². The number of H-pyrrole nitrogens is 1. The number of alkyl halides is 3. The molecule has 0 amide bonds. The van der Waals surface area contributed by atoms with Gasteiger partial charge >= 0.3 is 6.18 Å². The number of pyridine rings is 1. The Hall–Kier alpha value is -2.79. The van der Waals surface area contributed by atoms with Crippen molar-refractivity contribution < 1.29 is 26.0 Å². The molecule has 29 heavy (non-hydrogen) atoms. The van der Waals surface area contributed by atoms with Gasteiger partial charge in [0, 0.05) is 29.4 Å². The minimum Gasteiger partial charge on any atom is -0.282 e. The second-order valence-corrected chi connectivity index (χ2v) is 8.68. The number of rotatable bonds is 2. The predicted octanol–water partition coefficient (Wildman–Crippen LogP) is 3.35. The van der Waals surface area contributed by atoms with E-state index in [1.807, 2.05) is 0 Å². The van der Waals surface area contributed by atoms with E-state index in [0.29, 0.717) is 29.1 Å². The summed E-state index contributed by atoms with van der Waals surface area (Å²) in [5.41, 5.74) is 0.913. The Labute approximate surface area is 162 Å². The zero-order chi connectivity index (χ0) is 20.6. The Morgan fingerprint density at radius 1 is 1.10 bits per heavy atom. The van der Waals surface area contributed by atoms with Crippen LogP contribution in [0.25, 0.3) is 0 Å². The minimum atomic E-state index is -4.63. The highest BCUT2D eigenvalue weighted by Gasteiger charge is 2.52. The third-order valence-electron chi connectivity index (χ3n) is 5.33. The Balaban J connectivity index is 1.66. The summed E-state index contributed by atoms with van der Waals surface area (Å²) in [4.78, 5) is 3.55. The summed E-state index contributed by atoms with van der Waals surface area (Å²) in [6.07, 6.45) is -2.47. The molecule has 2 aliphatic heterocycles. The number of hydrogen-bond donors (Lipinski definition) is 1. The smallest absolute Gasteiger partial charge is 0.282 e. The van der Waals surface area contributed by atoms with Crippen LogP contribution in [0.4, 0.5) is 17.6 Å². The second kappa shape index (κ2) is 5.86. The van der Waals surface area contributed by atoms with Crippen molar-refractivity contribution in [2.24, 2.45) is 0 Å². The van der Waals surface area contributed by atoms with Crippen LogP contribution in [0.5, 0.6) is 0 Å². The van der Waals surface area contributed by atoms with E-state index in [-0.39, 0.29) is 12.0 Å². The largest absolute Gasteiger partial charge is 0.417 e. The lowest BCUT2D eigenvalue weighted by Gasteiger charge is -2.33. The highest BCUT2D eigenvalue weighted by molar-refractivity contribution is 7.89. The fraction of sp³-hybridized carbons (Fsp3) is 0.222. The van der Waals surface area contributed by atoms with Gasteiger partial charge in [-0.15, -0.1) is 0 Å². The zero-order valence-corrected chi connectivity index (χ0v) is 15.3. The van der Waals surface area contributed by atoms with Crippen molar-refractivity contribution >= 4 is 10.0 Å². The summed E-state index contributed by atoms with van der Waals surface area (Å²) in [5.74, 6) is -0.551. The van der Waals surface area contributed by atoms with Crippen molar-refractivity contribution in [3.05, 3.63) is 76.5 Å². The summed E-state index contributed by atoms with van der Waals surface area (Å²) in [6.45, 7) is 0. The average Bonchev–Trinajstić information content (AvgIpc) is 3.24. The van der Waals surface area contributed by atoms with E-state index in [4.69, 9.17) is 0 Å². The molecular weight excluding hydrogens is 412 g/mol. The van der Waals surface area contributed by atoms with Crippen LogP contribution in [0, 0.1) is 5.82 Å². The normalized spacial score (nSPS) is 21.1. The molecule has 0 saturated heterocycles. The molecule has 2 unspecified atom stereocenters. The molecule has 1 aromatic carbocycles. The van der Waals surface area contributed by atoms with Crippen molar-refractivity contribution in [3.63, 3.8) is 0 Å². The molecular formula is C18H12F4N4O2S. The van der Waals surface area contributed by atoms with Gasteiger partial charge in [-0.3, -0.25) is 5.10 Å². The fourth-order valence-electron chi connectivity index (χ4n) is 4.10. The topological polar surface area (TPSA) is 79.0 Å². The molecule has 0 aliphatic carbocycles. The van der Waals surface area contributed by atoms with Gasteiger partial charge in [0.25, 0.3) is 10.0 Å². The zero-order valence-electron chi connectivity index (χ0n) is 14.5. The molecule has 6 nitrogen and oxygen atoms in total. The van der Waals surface area contributed by atoms with Gasteiger partial charge in [-0.1, -0.05) is 12.1 Å². The molecule has 11 heteroatoms. The number of fused-ring (bicyclic) bond motifs is 7. The van der Waals surface area contributed by atoms with Crippen LogP contribution < -0.4 is 0 Å². The quantitative estimate of drug-likeness (QED) is 0.640. The van der Waals surface area contributed by atoms with E-state index < -0.39 is 44.7 Å². The fourth-order valence-corrected chi connectivity index (χ4v) is 5.76. The summed E-state index contributed by atoms with van der Waals surface area (Å²) in [6, 6.07) is 4.22. The number of benzene rings is 1.